The summed E-state index contributed by atoms with van der Waals surface area (Å²) in [6, 6.07) is 3.02. The van der Waals surface area contributed by atoms with E-state index >= 15 is 0 Å². The largest absolute Gasteiger partial charge is 0.507 e. The molecule has 2 heterocycles. The van der Waals surface area contributed by atoms with Gasteiger partial charge in [0, 0.05) is 29.0 Å². The van der Waals surface area contributed by atoms with Crippen molar-refractivity contribution in [1.29, 1.82) is 0 Å². The first-order chi connectivity index (χ1) is 23.1. The summed E-state index contributed by atoms with van der Waals surface area (Å²) in [6.45, 7) is 4.79. The number of Topliss-reactive ketones (excluding diaryl/α,β-unsaturated/α-hetero) is 1. The normalized spacial score (nSPS) is 24.3. The molecule has 0 unspecified atom stereocenters. The number of phenols is 1. The standard InChI is InChI=1S/C33H38N6O10/c1-4-11-35-30(46)25-27(43)33(49)19-8-6-7-17(24(19)39-32(33)48)18-12-16(9-10-22(18)40)13-20(37-31(47)26(42)15(3)5-2)28(44)36-21(14-23(34)41)29(45)38-25/h4,6-12,15,20-21,25,27,40,43,49H,5,13-14H2,1-3H3,(H2,34,41)(H,35,46)(H,36,44)(H,37,47)(H,38,45)(H,39,48)/t15-,20-,21+,25-,27-,33-/m1/s1. The Morgan fingerprint density at radius 3 is 2.45 bits per heavy atom. The van der Waals surface area contributed by atoms with E-state index in [2.05, 4.69) is 26.6 Å². The molecule has 0 aromatic heterocycles. The summed E-state index contributed by atoms with van der Waals surface area (Å²) in [5.41, 5.74) is 2.95. The third kappa shape index (κ3) is 7.29. The summed E-state index contributed by atoms with van der Waals surface area (Å²) >= 11 is 0. The summed E-state index contributed by atoms with van der Waals surface area (Å²) in [6.07, 6.45) is -0.553. The first-order valence-corrected chi connectivity index (χ1v) is 15.5. The first kappa shape index (κ1) is 36.2. The molecule has 6 atom stereocenters. The van der Waals surface area contributed by atoms with Gasteiger partial charge in [-0.1, -0.05) is 44.2 Å². The number of para-hydroxylation sites is 1. The molecule has 0 aliphatic carbocycles. The van der Waals surface area contributed by atoms with Gasteiger partial charge in [0.1, 0.15) is 30.0 Å². The lowest BCUT2D eigenvalue weighted by Gasteiger charge is -2.33. The number of amides is 6. The van der Waals surface area contributed by atoms with Gasteiger partial charge in [0.15, 0.2) is 5.60 Å². The van der Waals surface area contributed by atoms with Crippen LogP contribution >= 0.6 is 0 Å². The SMILES string of the molecule is CC=CNC(=O)[C@@H]1NC(=O)[C@H](CC(N)=O)NC(=O)[C@H](NC(=O)C(=O)[C@H](C)CC)Cc2ccc(O)c(c2)-c2cccc3c2NC(=O)[C@]3(O)[C@@H]1O. The predicted octanol–water partition coefficient (Wildman–Crippen LogP) is -1.29. The number of carbonyl (C=O) groups excluding carboxylic acids is 7. The molecule has 49 heavy (non-hydrogen) atoms. The van der Waals surface area contributed by atoms with Gasteiger partial charge in [0.25, 0.3) is 11.8 Å². The summed E-state index contributed by atoms with van der Waals surface area (Å²) in [7, 11) is 0. The van der Waals surface area contributed by atoms with Crippen molar-refractivity contribution in [2.24, 2.45) is 11.7 Å². The lowest BCUT2D eigenvalue weighted by molar-refractivity contribution is -0.155. The Kier molecular flexibility index (Phi) is 10.8. The number of rotatable bonds is 8. The highest BCUT2D eigenvalue weighted by molar-refractivity contribution is 6.37. The number of anilines is 1. The molecule has 16 nitrogen and oxygen atoms in total. The number of aliphatic hydroxyl groups excluding tert-OH is 1. The van der Waals surface area contributed by atoms with Gasteiger partial charge in [-0.3, -0.25) is 33.6 Å². The van der Waals surface area contributed by atoms with Crippen LogP contribution in [0.5, 0.6) is 5.75 Å². The van der Waals surface area contributed by atoms with Crippen molar-refractivity contribution >= 4 is 46.9 Å². The maximum absolute atomic E-state index is 13.7. The Balaban J connectivity index is 1.93. The van der Waals surface area contributed by atoms with Crippen LogP contribution in [0.2, 0.25) is 0 Å². The van der Waals surface area contributed by atoms with E-state index in [4.69, 9.17) is 5.73 Å². The fourth-order valence-corrected chi connectivity index (χ4v) is 5.58. The van der Waals surface area contributed by atoms with E-state index in [1.165, 1.54) is 49.4 Å². The van der Waals surface area contributed by atoms with Crippen molar-refractivity contribution in [1.82, 2.24) is 21.3 Å². The number of primary amides is 1. The Morgan fingerprint density at radius 1 is 1.08 bits per heavy atom. The number of fused-ring (bicyclic) bond motifs is 3. The van der Waals surface area contributed by atoms with Gasteiger partial charge in [-0.25, -0.2) is 0 Å². The number of allylic oxidation sites excluding steroid dienone is 1. The van der Waals surface area contributed by atoms with Crippen LogP contribution < -0.4 is 32.3 Å². The summed E-state index contributed by atoms with van der Waals surface area (Å²) < 4.78 is 0. The average Bonchev–Trinajstić information content (AvgIpc) is 3.34. The van der Waals surface area contributed by atoms with E-state index in [1.807, 2.05) is 0 Å². The van der Waals surface area contributed by atoms with Crippen LogP contribution in [0, 0.1) is 5.92 Å². The van der Waals surface area contributed by atoms with Crippen LogP contribution in [0.1, 0.15) is 44.7 Å². The lowest BCUT2D eigenvalue weighted by Crippen LogP contribution is -2.64. The highest BCUT2D eigenvalue weighted by Crippen LogP contribution is 2.46. The second kappa shape index (κ2) is 14.7. The third-order valence-electron chi connectivity index (χ3n) is 8.51. The number of aliphatic hydroxyl groups is 2. The van der Waals surface area contributed by atoms with Crippen LogP contribution in [0.25, 0.3) is 11.1 Å². The van der Waals surface area contributed by atoms with Crippen molar-refractivity contribution in [3.63, 3.8) is 0 Å². The molecule has 6 bridgehead atoms. The topological polar surface area (TPSA) is 266 Å². The van der Waals surface area contributed by atoms with E-state index in [-0.39, 0.29) is 34.5 Å². The van der Waals surface area contributed by atoms with Crippen molar-refractivity contribution in [3.8, 4) is 16.9 Å². The number of nitrogens with one attached hydrogen (secondary N) is 5. The highest BCUT2D eigenvalue weighted by atomic mass is 16.4. The molecule has 2 aromatic carbocycles. The van der Waals surface area contributed by atoms with E-state index in [1.54, 1.807) is 13.8 Å². The number of nitrogens with two attached hydrogens (primary N) is 1. The van der Waals surface area contributed by atoms with Crippen molar-refractivity contribution in [3.05, 3.63) is 59.8 Å². The maximum atomic E-state index is 13.7. The smallest absolute Gasteiger partial charge is 0.288 e. The van der Waals surface area contributed by atoms with Gasteiger partial charge in [0.05, 0.1) is 12.1 Å². The van der Waals surface area contributed by atoms with Crippen LogP contribution in [-0.2, 0) is 45.6 Å². The van der Waals surface area contributed by atoms with Gasteiger partial charge < -0.3 is 47.6 Å². The minimum absolute atomic E-state index is 0.0270. The highest BCUT2D eigenvalue weighted by Gasteiger charge is 2.56. The van der Waals surface area contributed by atoms with Gasteiger partial charge in [0.2, 0.25) is 29.4 Å². The van der Waals surface area contributed by atoms with Gasteiger partial charge in [-0.15, -0.1) is 0 Å². The molecule has 10 N–H and O–H groups in total. The minimum atomic E-state index is -2.83. The molecule has 0 fully saturated rings. The third-order valence-corrected chi connectivity index (χ3v) is 8.51. The molecule has 16 heteroatoms. The number of phenolic OH excluding ortho intramolecular Hbond substituents is 1. The summed E-state index contributed by atoms with van der Waals surface area (Å²) in [5.74, 6) is -8.38. The number of ketones is 1. The second-order valence-electron chi connectivity index (χ2n) is 11.9. The number of aromatic hydroxyl groups is 1. The van der Waals surface area contributed by atoms with Gasteiger partial charge in [-0.05, 0) is 37.2 Å². The Bertz CT molecular complexity index is 1740. The van der Waals surface area contributed by atoms with Crippen LogP contribution in [0.3, 0.4) is 0 Å². The fraction of sp³-hybridized carbons (Fsp3) is 0.364. The Labute approximate surface area is 280 Å². The first-order valence-electron chi connectivity index (χ1n) is 15.5. The molecule has 0 saturated heterocycles. The van der Waals surface area contributed by atoms with Crippen LogP contribution in [-0.4, -0.2) is 80.8 Å². The molecule has 2 aliphatic rings. The molecular formula is C33H38N6O10. The summed E-state index contributed by atoms with van der Waals surface area (Å²) in [4.78, 5) is 91.8. The van der Waals surface area contributed by atoms with Crippen LogP contribution in [0.4, 0.5) is 5.69 Å². The zero-order chi connectivity index (χ0) is 36.2. The van der Waals surface area contributed by atoms with Crippen LogP contribution in [0.15, 0.2) is 48.7 Å². The Morgan fingerprint density at radius 2 is 1.80 bits per heavy atom. The lowest BCUT2D eigenvalue weighted by atomic mass is 9.83. The van der Waals surface area contributed by atoms with Crippen molar-refractivity contribution < 1.29 is 48.9 Å². The number of hydrogen-bond acceptors (Lipinski definition) is 10. The molecule has 6 amide bonds. The molecule has 2 aliphatic heterocycles. The van der Waals surface area contributed by atoms with Crippen molar-refractivity contribution in [2.75, 3.05) is 5.32 Å². The molecule has 2 aromatic rings. The quantitative estimate of drug-likeness (QED) is 0.149. The second-order valence-corrected chi connectivity index (χ2v) is 11.9. The molecule has 260 valence electrons. The number of benzene rings is 2. The zero-order valence-electron chi connectivity index (χ0n) is 26.9. The van der Waals surface area contributed by atoms with E-state index in [9.17, 15) is 48.9 Å². The van der Waals surface area contributed by atoms with E-state index in [0.717, 1.165) is 6.20 Å². The fourth-order valence-electron chi connectivity index (χ4n) is 5.58. The molecule has 0 radical (unpaired) electrons. The molecule has 0 saturated carbocycles. The Hall–Kier alpha value is -5.61. The zero-order valence-corrected chi connectivity index (χ0v) is 26.9. The maximum Gasteiger partial charge on any atom is 0.288 e. The number of carbonyl (C=O) groups is 7. The van der Waals surface area contributed by atoms with E-state index in [0.29, 0.717) is 12.0 Å². The average molecular weight is 679 g/mol. The number of hydrogen-bond donors (Lipinski definition) is 9. The molecule has 4 rings (SSSR count). The van der Waals surface area contributed by atoms with Gasteiger partial charge in [-0.2, -0.15) is 0 Å². The molecular weight excluding hydrogens is 640 g/mol. The summed E-state index contributed by atoms with van der Waals surface area (Å²) in [5, 5.41) is 46.0. The predicted molar refractivity (Wildman–Crippen MR) is 173 cm³/mol. The monoisotopic (exact) mass is 678 g/mol. The van der Waals surface area contributed by atoms with Crippen molar-refractivity contribution in [2.45, 2.75) is 69.9 Å². The van der Waals surface area contributed by atoms with Gasteiger partial charge >= 0.3 is 0 Å². The minimum Gasteiger partial charge on any atom is -0.507 e. The van der Waals surface area contributed by atoms with E-state index < -0.39 is 83.4 Å². The molecule has 0 spiro atoms.